The van der Waals surface area contributed by atoms with E-state index in [1.54, 1.807) is 6.20 Å². The lowest BCUT2D eigenvalue weighted by atomic mass is 10.2. The molecule has 3 rings (SSSR count). The number of hydrogen-bond acceptors (Lipinski definition) is 5. The summed E-state index contributed by atoms with van der Waals surface area (Å²) < 4.78 is 17.8. The van der Waals surface area contributed by atoms with Gasteiger partial charge in [0, 0.05) is 44.0 Å². The fraction of sp³-hybridized carbons (Fsp3) is 0.412. The van der Waals surface area contributed by atoms with E-state index in [0.717, 1.165) is 43.9 Å². The van der Waals surface area contributed by atoms with Crippen LogP contribution in [0.15, 0.2) is 30.5 Å². The Labute approximate surface area is 140 Å². The van der Waals surface area contributed by atoms with Crippen LogP contribution in [0.1, 0.15) is 22.5 Å². The van der Waals surface area contributed by atoms with Gasteiger partial charge >= 0.3 is 5.97 Å². The number of rotatable bonds is 4. The van der Waals surface area contributed by atoms with E-state index < -0.39 is 5.97 Å². The fourth-order valence-corrected chi connectivity index (χ4v) is 2.99. The van der Waals surface area contributed by atoms with Gasteiger partial charge in [-0.1, -0.05) is 0 Å². The van der Waals surface area contributed by atoms with E-state index in [9.17, 15) is 9.18 Å². The lowest BCUT2D eigenvalue weighted by molar-refractivity contribution is 0.0591. The molecule has 0 unspecified atom stereocenters. The molecule has 0 amide bonds. The first-order valence-electron chi connectivity index (χ1n) is 8.01. The van der Waals surface area contributed by atoms with Gasteiger partial charge < -0.3 is 9.64 Å². The van der Waals surface area contributed by atoms with E-state index >= 15 is 0 Å². The van der Waals surface area contributed by atoms with Gasteiger partial charge in [-0.2, -0.15) is 5.10 Å². The van der Waals surface area contributed by atoms with Gasteiger partial charge in [-0.25, -0.2) is 9.18 Å². The van der Waals surface area contributed by atoms with Crippen molar-refractivity contribution in [2.75, 3.05) is 38.2 Å². The average Bonchev–Trinajstić information content (AvgIpc) is 2.93. The maximum Gasteiger partial charge on any atom is 0.356 e. The number of anilines is 1. The highest BCUT2D eigenvalue weighted by atomic mass is 19.1. The molecule has 2 aromatic rings. The Morgan fingerprint density at radius 1 is 1.25 bits per heavy atom. The number of H-pyrrole nitrogens is 1. The molecule has 128 valence electrons. The Morgan fingerprint density at radius 3 is 2.79 bits per heavy atom. The van der Waals surface area contributed by atoms with Gasteiger partial charge in [0.1, 0.15) is 11.5 Å². The molecule has 1 aliphatic rings. The SMILES string of the molecule is COC(=O)c1[nH]ncc1CN1CCCN(c2ccc(F)cc2)CC1. The maximum absolute atomic E-state index is 13.1. The van der Waals surface area contributed by atoms with Gasteiger partial charge in [0.15, 0.2) is 0 Å². The third-order valence-electron chi connectivity index (χ3n) is 4.28. The monoisotopic (exact) mass is 332 g/mol. The first kappa shape index (κ1) is 16.4. The maximum atomic E-state index is 13.1. The Hall–Kier alpha value is -2.41. The van der Waals surface area contributed by atoms with Crippen LogP contribution in [0.3, 0.4) is 0 Å². The molecule has 1 aliphatic heterocycles. The number of nitrogens with zero attached hydrogens (tertiary/aromatic N) is 3. The quantitative estimate of drug-likeness (QED) is 0.868. The lowest BCUT2D eigenvalue weighted by Gasteiger charge is -2.23. The van der Waals surface area contributed by atoms with Gasteiger partial charge in [0.25, 0.3) is 0 Å². The summed E-state index contributed by atoms with van der Waals surface area (Å²) in [6.45, 7) is 4.24. The number of halogens is 1. The first-order valence-corrected chi connectivity index (χ1v) is 8.01. The van der Waals surface area contributed by atoms with Crippen molar-refractivity contribution >= 4 is 11.7 Å². The standard InChI is InChI=1S/C17H21FN4O2/c1-24-17(23)16-13(11-19-20-16)12-21-7-2-8-22(10-9-21)15-5-3-14(18)4-6-15/h3-6,11H,2,7-10,12H2,1H3,(H,19,20). The predicted octanol–water partition coefficient (Wildman–Crippen LogP) is 2.05. The van der Waals surface area contributed by atoms with E-state index in [1.807, 2.05) is 12.1 Å². The molecule has 0 spiro atoms. The van der Waals surface area contributed by atoms with Crippen LogP contribution in [0.5, 0.6) is 0 Å². The van der Waals surface area contributed by atoms with Crippen LogP contribution in [0.2, 0.25) is 0 Å². The van der Waals surface area contributed by atoms with Crippen molar-refractivity contribution in [3.8, 4) is 0 Å². The summed E-state index contributed by atoms with van der Waals surface area (Å²) in [7, 11) is 1.36. The lowest BCUT2D eigenvalue weighted by Crippen LogP contribution is -2.30. The van der Waals surface area contributed by atoms with Crippen LogP contribution >= 0.6 is 0 Å². The van der Waals surface area contributed by atoms with E-state index in [4.69, 9.17) is 4.74 Å². The van der Waals surface area contributed by atoms with Gasteiger partial charge in [-0.15, -0.1) is 0 Å². The van der Waals surface area contributed by atoms with Crippen molar-refractivity contribution in [3.05, 3.63) is 47.5 Å². The van der Waals surface area contributed by atoms with Crippen molar-refractivity contribution in [1.82, 2.24) is 15.1 Å². The summed E-state index contributed by atoms with van der Waals surface area (Å²) in [5.41, 5.74) is 2.30. The van der Waals surface area contributed by atoms with Crippen molar-refractivity contribution < 1.29 is 13.9 Å². The molecule has 1 saturated heterocycles. The number of aromatic amines is 1. The van der Waals surface area contributed by atoms with Crippen molar-refractivity contribution in [2.45, 2.75) is 13.0 Å². The van der Waals surface area contributed by atoms with Crippen LogP contribution in [0.25, 0.3) is 0 Å². The van der Waals surface area contributed by atoms with E-state index in [2.05, 4.69) is 20.0 Å². The van der Waals surface area contributed by atoms with E-state index in [1.165, 1.54) is 19.2 Å². The summed E-state index contributed by atoms with van der Waals surface area (Å²) in [4.78, 5) is 16.3. The number of esters is 1. The molecule has 1 aromatic heterocycles. The minimum atomic E-state index is -0.398. The van der Waals surface area contributed by atoms with E-state index in [-0.39, 0.29) is 5.82 Å². The van der Waals surface area contributed by atoms with Gasteiger partial charge in [-0.3, -0.25) is 10.00 Å². The van der Waals surface area contributed by atoms with Crippen LogP contribution in [-0.2, 0) is 11.3 Å². The fourth-order valence-electron chi connectivity index (χ4n) is 2.99. The molecule has 7 heteroatoms. The number of carbonyl (C=O) groups excluding carboxylic acids is 1. The second-order valence-corrected chi connectivity index (χ2v) is 5.85. The number of nitrogens with one attached hydrogen (secondary N) is 1. The Morgan fingerprint density at radius 2 is 2.04 bits per heavy atom. The van der Waals surface area contributed by atoms with Crippen molar-refractivity contribution in [2.24, 2.45) is 0 Å². The van der Waals surface area contributed by atoms with Crippen LogP contribution in [-0.4, -0.2) is 54.4 Å². The van der Waals surface area contributed by atoms with Crippen molar-refractivity contribution in [1.29, 1.82) is 0 Å². The normalized spacial score (nSPS) is 16.0. The molecule has 0 atom stereocenters. The summed E-state index contributed by atoms with van der Waals surface area (Å²) in [5.74, 6) is -0.615. The zero-order valence-electron chi connectivity index (χ0n) is 13.7. The first-order chi connectivity index (χ1) is 11.7. The van der Waals surface area contributed by atoms with Gasteiger partial charge in [0.05, 0.1) is 13.3 Å². The minimum Gasteiger partial charge on any atom is -0.464 e. The summed E-state index contributed by atoms with van der Waals surface area (Å²) >= 11 is 0. The molecule has 0 aliphatic carbocycles. The molecule has 0 bridgehead atoms. The largest absolute Gasteiger partial charge is 0.464 e. The van der Waals surface area contributed by atoms with E-state index in [0.29, 0.717) is 12.2 Å². The highest BCUT2D eigenvalue weighted by Crippen LogP contribution is 2.18. The molecule has 24 heavy (non-hydrogen) atoms. The third kappa shape index (κ3) is 3.73. The second kappa shape index (κ2) is 7.44. The van der Waals surface area contributed by atoms with Crippen molar-refractivity contribution in [3.63, 3.8) is 0 Å². The number of hydrogen-bond donors (Lipinski definition) is 1. The molecule has 1 fully saturated rings. The highest BCUT2D eigenvalue weighted by Gasteiger charge is 2.19. The van der Waals surface area contributed by atoms with Crippen LogP contribution in [0.4, 0.5) is 10.1 Å². The van der Waals surface area contributed by atoms with Crippen LogP contribution < -0.4 is 4.90 Å². The smallest absolute Gasteiger partial charge is 0.356 e. The third-order valence-corrected chi connectivity index (χ3v) is 4.28. The molecule has 6 nitrogen and oxygen atoms in total. The minimum absolute atomic E-state index is 0.217. The molecular weight excluding hydrogens is 311 g/mol. The average molecular weight is 332 g/mol. The summed E-state index contributed by atoms with van der Waals surface area (Å²) in [6, 6.07) is 6.62. The molecule has 1 N–H and O–H groups in total. The molecule has 0 saturated carbocycles. The zero-order valence-corrected chi connectivity index (χ0v) is 13.7. The number of carbonyl (C=O) groups is 1. The Kier molecular flexibility index (Phi) is 5.10. The van der Waals surface area contributed by atoms with Crippen LogP contribution in [0, 0.1) is 5.82 Å². The molecular formula is C17H21FN4O2. The topological polar surface area (TPSA) is 61.5 Å². The Balaban J connectivity index is 1.63. The zero-order chi connectivity index (χ0) is 16.9. The number of benzene rings is 1. The Bertz CT molecular complexity index is 686. The van der Waals surface area contributed by atoms with Gasteiger partial charge in [0.2, 0.25) is 0 Å². The molecule has 2 heterocycles. The second-order valence-electron chi connectivity index (χ2n) is 5.85. The molecule has 1 aromatic carbocycles. The van der Waals surface area contributed by atoms with Gasteiger partial charge in [-0.05, 0) is 30.7 Å². The number of aromatic nitrogens is 2. The number of ether oxygens (including phenoxy) is 1. The highest BCUT2D eigenvalue weighted by molar-refractivity contribution is 5.88. The summed E-state index contributed by atoms with van der Waals surface area (Å²) in [6.07, 6.45) is 2.68. The summed E-state index contributed by atoms with van der Waals surface area (Å²) in [5, 5.41) is 6.66. The predicted molar refractivity (Wildman–Crippen MR) is 88.4 cm³/mol. The molecule has 0 radical (unpaired) electrons. The number of methoxy groups -OCH3 is 1.